The van der Waals surface area contributed by atoms with E-state index in [9.17, 15) is 18.0 Å². The van der Waals surface area contributed by atoms with Crippen molar-refractivity contribution in [1.29, 1.82) is 0 Å². The van der Waals surface area contributed by atoms with Crippen molar-refractivity contribution < 1.29 is 22.7 Å². The second kappa shape index (κ2) is 6.79. The summed E-state index contributed by atoms with van der Waals surface area (Å²) < 4.78 is 34.1. The number of benzene rings is 2. The number of thioether (sulfide) groups is 1. The van der Waals surface area contributed by atoms with Gasteiger partial charge in [-0.05, 0) is 55.2 Å². The van der Waals surface area contributed by atoms with Crippen LogP contribution in [0, 0.1) is 6.92 Å². The van der Waals surface area contributed by atoms with E-state index in [2.05, 4.69) is 4.90 Å². The number of aryl methyl sites for hydroxylation is 1. The van der Waals surface area contributed by atoms with Gasteiger partial charge in [0, 0.05) is 30.1 Å². The highest BCUT2D eigenvalue weighted by molar-refractivity contribution is 8.15. The molecule has 2 atom stereocenters. The molecule has 2 bridgehead atoms. The van der Waals surface area contributed by atoms with E-state index in [0.717, 1.165) is 33.3 Å². The molecule has 2 aromatic carbocycles. The first kappa shape index (κ1) is 21.3. The number of methoxy groups -OCH3 is 1. The molecule has 9 heteroatoms. The van der Waals surface area contributed by atoms with E-state index in [-0.39, 0.29) is 28.3 Å². The molecule has 0 radical (unpaired) electrons. The molecule has 35 heavy (non-hydrogen) atoms. The van der Waals surface area contributed by atoms with E-state index in [1.54, 1.807) is 36.5 Å². The molecule has 7 rings (SSSR count). The van der Waals surface area contributed by atoms with Gasteiger partial charge < -0.3 is 9.64 Å². The van der Waals surface area contributed by atoms with E-state index < -0.39 is 14.8 Å². The third-order valence-electron chi connectivity index (χ3n) is 7.87. The van der Waals surface area contributed by atoms with Crippen molar-refractivity contribution in [1.82, 2.24) is 3.97 Å². The minimum atomic E-state index is -3.89. The zero-order chi connectivity index (χ0) is 24.3. The summed E-state index contributed by atoms with van der Waals surface area (Å²) in [6.45, 7) is 2.54. The Morgan fingerprint density at radius 2 is 1.94 bits per heavy atom. The maximum absolute atomic E-state index is 13.8. The smallest absolute Gasteiger partial charge is 0.268 e. The number of ether oxygens (including phenoxy) is 1. The summed E-state index contributed by atoms with van der Waals surface area (Å²) in [4.78, 5) is 28.1. The molecule has 1 spiro atoms. The molecule has 4 heterocycles. The van der Waals surface area contributed by atoms with Gasteiger partial charge >= 0.3 is 0 Å². The first-order valence-electron chi connectivity index (χ1n) is 11.6. The molecule has 1 aromatic heterocycles. The maximum atomic E-state index is 13.8. The molecule has 178 valence electrons. The number of carbonyl (C=O) groups is 2. The predicted octanol–water partition coefficient (Wildman–Crippen LogP) is 3.70. The van der Waals surface area contributed by atoms with E-state index >= 15 is 0 Å². The molecule has 7 nitrogen and oxygen atoms in total. The molecular formula is C26H22N2O5S2. The van der Waals surface area contributed by atoms with Crippen molar-refractivity contribution in [2.75, 3.05) is 18.6 Å². The topological polar surface area (TPSA) is 85.7 Å². The van der Waals surface area contributed by atoms with Crippen molar-refractivity contribution in [2.45, 2.75) is 41.9 Å². The SMILES string of the molecule is COc1cc2c3c4c(cn(S(=O)(=O)c5ccc(C)cc5)c14)CCN3[C@@H]1C[C@]23SC(=O)C=C3CC1=O. The number of Topliss-reactive ketones (excluding diaryl/α,β-unsaturated/α-hetero) is 1. The Kier molecular flexibility index (Phi) is 4.13. The average Bonchev–Trinajstić information content (AvgIpc) is 3.38. The summed E-state index contributed by atoms with van der Waals surface area (Å²) in [6, 6.07) is 8.38. The molecule has 3 aromatic rings. The lowest BCUT2D eigenvalue weighted by atomic mass is 9.70. The fourth-order valence-electron chi connectivity index (χ4n) is 6.27. The second-order valence-corrected chi connectivity index (χ2v) is 12.8. The lowest BCUT2D eigenvalue weighted by molar-refractivity contribution is -0.121. The zero-order valence-electron chi connectivity index (χ0n) is 19.2. The molecule has 1 aliphatic carbocycles. The van der Waals surface area contributed by atoms with Gasteiger partial charge in [0.15, 0.2) is 5.78 Å². The minimum Gasteiger partial charge on any atom is -0.494 e. The van der Waals surface area contributed by atoms with Gasteiger partial charge in [-0.1, -0.05) is 29.5 Å². The first-order valence-corrected chi connectivity index (χ1v) is 13.8. The Bertz CT molecular complexity index is 1630. The van der Waals surface area contributed by atoms with Gasteiger partial charge in [-0.25, -0.2) is 12.4 Å². The number of ketones is 1. The second-order valence-electron chi connectivity index (χ2n) is 9.69. The number of hydrogen-bond donors (Lipinski definition) is 0. The lowest BCUT2D eigenvalue weighted by Gasteiger charge is -2.51. The summed E-state index contributed by atoms with van der Waals surface area (Å²) in [6.07, 6.45) is 4.77. The molecule has 1 saturated carbocycles. The van der Waals surface area contributed by atoms with Crippen LogP contribution in [-0.2, 0) is 30.8 Å². The van der Waals surface area contributed by atoms with E-state index in [1.165, 1.54) is 22.8 Å². The van der Waals surface area contributed by atoms with Gasteiger partial charge in [-0.15, -0.1) is 0 Å². The Morgan fingerprint density at radius 1 is 1.17 bits per heavy atom. The van der Waals surface area contributed by atoms with Crippen LogP contribution in [-0.4, -0.2) is 43.0 Å². The van der Waals surface area contributed by atoms with Gasteiger partial charge in [0.1, 0.15) is 11.3 Å². The fourth-order valence-corrected chi connectivity index (χ4v) is 8.97. The number of carbonyl (C=O) groups excluding carboxylic acids is 2. The monoisotopic (exact) mass is 506 g/mol. The van der Waals surface area contributed by atoms with Crippen LogP contribution in [0.1, 0.15) is 29.5 Å². The van der Waals surface area contributed by atoms with Crippen LogP contribution in [0.3, 0.4) is 0 Å². The van der Waals surface area contributed by atoms with Crippen LogP contribution in [0.25, 0.3) is 10.9 Å². The van der Waals surface area contributed by atoms with E-state index in [1.807, 2.05) is 13.0 Å². The summed E-state index contributed by atoms with van der Waals surface area (Å²) in [5, 5.41) is 0.767. The molecule has 0 unspecified atom stereocenters. The Morgan fingerprint density at radius 3 is 2.69 bits per heavy atom. The predicted molar refractivity (Wildman–Crippen MR) is 134 cm³/mol. The lowest BCUT2D eigenvalue weighted by Crippen LogP contribution is -2.55. The van der Waals surface area contributed by atoms with Gasteiger partial charge in [-0.3, -0.25) is 9.59 Å². The molecular weight excluding hydrogens is 484 g/mol. The summed E-state index contributed by atoms with van der Waals surface area (Å²) in [5.74, 6) is 0.568. The zero-order valence-corrected chi connectivity index (χ0v) is 20.8. The Labute approximate surface area is 206 Å². The number of anilines is 1. The highest BCUT2D eigenvalue weighted by atomic mass is 32.2. The maximum Gasteiger partial charge on any atom is 0.268 e. The van der Waals surface area contributed by atoms with Crippen molar-refractivity contribution in [2.24, 2.45) is 0 Å². The van der Waals surface area contributed by atoms with Crippen molar-refractivity contribution in [3.63, 3.8) is 0 Å². The third kappa shape index (κ3) is 2.60. The van der Waals surface area contributed by atoms with Crippen LogP contribution in [0.4, 0.5) is 5.69 Å². The van der Waals surface area contributed by atoms with Gasteiger partial charge in [0.05, 0.1) is 28.5 Å². The van der Waals surface area contributed by atoms with Crippen molar-refractivity contribution >= 4 is 49.3 Å². The molecule has 1 fully saturated rings. The van der Waals surface area contributed by atoms with Gasteiger partial charge in [-0.2, -0.15) is 0 Å². The number of rotatable bonds is 3. The molecule has 3 aliphatic heterocycles. The number of nitrogens with zero attached hydrogens (tertiary/aromatic N) is 2. The Hall–Kier alpha value is -3.04. The molecule has 4 aliphatic rings. The summed E-state index contributed by atoms with van der Waals surface area (Å²) >= 11 is 1.28. The quantitative estimate of drug-likeness (QED) is 0.536. The van der Waals surface area contributed by atoms with Crippen molar-refractivity contribution in [3.8, 4) is 5.75 Å². The highest BCUT2D eigenvalue weighted by Crippen LogP contribution is 2.63. The van der Waals surface area contributed by atoms with Crippen molar-refractivity contribution in [3.05, 3.63) is 64.9 Å². The molecule has 0 N–H and O–H groups in total. The normalized spacial score (nSPS) is 24.6. The first-order chi connectivity index (χ1) is 16.7. The Balaban J connectivity index is 1.56. The standard InChI is InChI=1S/C26H22N2O5S2/c1-14-3-5-17(6-4-14)35(31,32)28-13-15-7-8-27-19-12-26(16(9-20(19)29)10-22(30)34-26)18-11-21(33-2)25(28)23(15)24(18)27/h3-6,10-11,13,19H,7-9,12H2,1-2H3/t19-,26-/m1/s1. The summed E-state index contributed by atoms with van der Waals surface area (Å²) in [5.41, 5.74) is 5.03. The largest absolute Gasteiger partial charge is 0.494 e. The molecule has 0 saturated heterocycles. The minimum absolute atomic E-state index is 0.0382. The number of aromatic nitrogens is 1. The van der Waals surface area contributed by atoms with Crippen LogP contribution in [0.2, 0.25) is 0 Å². The number of fused-ring (bicyclic) bond motifs is 2. The van der Waals surface area contributed by atoms with E-state index in [0.29, 0.717) is 30.7 Å². The van der Waals surface area contributed by atoms with Crippen LogP contribution < -0.4 is 9.64 Å². The van der Waals surface area contributed by atoms with Crippen LogP contribution in [0.15, 0.2) is 53.1 Å². The average molecular weight is 507 g/mol. The summed E-state index contributed by atoms with van der Waals surface area (Å²) in [7, 11) is -2.35. The molecule has 0 amide bonds. The van der Waals surface area contributed by atoms with Gasteiger partial charge in [0.25, 0.3) is 10.0 Å². The van der Waals surface area contributed by atoms with Crippen LogP contribution in [0.5, 0.6) is 5.75 Å². The third-order valence-corrected chi connectivity index (χ3v) is 10.9. The van der Waals surface area contributed by atoms with E-state index in [4.69, 9.17) is 4.74 Å². The highest BCUT2D eigenvalue weighted by Gasteiger charge is 2.57. The van der Waals surface area contributed by atoms with Crippen LogP contribution >= 0.6 is 11.8 Å². The van der Waals surface area contributed by atoms with Gasteiger partial charge in [0.2, 0.25) is 5.12 Å². The number of hydrogen-bond acceptors (Lipinski definition) is 7. The fraction of sp³-hybridized carbons (Fsp3) is 0.308.